The number of ether oxygens (including phenoxy) is 1. The highest BCUT2D eigenvalue weighted by Crippen LogP contribution is 2.21. The molecule has 4 nitrogen and oxygen atoms in total. The van der Waals surface area contributed by atoms with Gasteiger partial charge in [0, 0.05) is 5.75 Å². The Morgan fingerprint density at radius 1 is 1.18 bits per heavy atom. The molecule has 0 radical (unpaired) electrons. The van der Waals surface area contributed by atoms with Crippen LogP contribution in [0.3, 0.4) is 0 Å². The van der Waals surface area contributed by atoms with E-state index in [2.05, 4.69) is 9.97 Å². The fraction of sp³-hybridized carbons (Fsp3) is 0.176. The van der Waals surface area contributed by atoms with E-state index in [0.29, 0.717) is 17.9 Å². The molecule has 0 amide bonds. The molecule has 0 unspecified atom stereocenters. The SMILES string of the molecule is CC(=O)c1ccccc1OCCSc1nc2ccccc2[nH]1. The number of para-hydroxylation sites is 3. The fourth-order valence-corrected chi connectivity index (χ4v) is 2.88. The summed E-state index contributed by atoms with van der Waals surface area (Å²) in [5.41, 5.74) is 2.62. The summed E-state index contributed by atoms with van der Waals surface area (Å²) in [6.45, 7) is 2.07. The van der Waals surface area contributed by atoms with Crippen molar-refractivity contribution in [3.63, 3.8) is 0 Å². The van der Waals surface area contributed by atoms with E-state index in [-0.39, 0.29) is 5.78 Å². The number of aromatic nitrogens is 2. The first-order valence-corrected chi connectivity index (χ1v) is 8.03. The summed E-state index contributed by atoms with van der Waals surface area (Å²) in [4.78, 5) is 19.3. The van der Waals surface area contributed by atoms with Crippen molar-refractivity contribution < 1.29 is 9.53 Å². The van der Waals surface area contributed by atoms with Gasteiger partial charge < -0.3 is 9.72 Å². The van der Waals surface area contributed by atoms with Gasteiger partial charge >= 0.3 is 0 Å². The van der Waals surface area contributed by atoms with Crippen LogP contribution in [-0.2, 0) is 0 Å². The van der Waals surface area contributed by atoms with Crippen molar-refractivity contribution in [3.05, 3.63) is 54.1 Å². The van der Waals surface area contributed by atoms with Gasteiger partial charge in [0.1, 0.15) is 5.75 Å². The molecule has 0 spiro atoms. The average Bonchev–Trinajstić information content (AvgIpc) is 2.94. The summed E-state index contributed by atoms with van der Waals surface area (Å²) >= 11 is 1.60. The molecule has 0 saturated carbocycles. The third-order valence-electron chi connectivity index (χ3n) is 3.21. The monoisotopic (exact) mass is 312 g/mol. The second-order valence-corrected chi connectivity index (χ2v) is 5.89. The summed E-state index contributed by atoms with van der Waals surface area (Å²) in [6.07, 6.45) is 0. The number of carbonyl (C=O) groups is 1. The number of imidazole rings is 1. The van der Waals surface area contributed by atoms with E-state index >= 15 is 0 Å². The number of ketones is 1. The van der Waals surface area contributed by atoms with E-state index < -0.39 is 0 Å². The molecule has 1 heterocycles. The number of thioether (sulfide) groups is 1. The molecule has 0 aliphatic rings. The number of aromatic amines is 1. The maximum atomic E-state index is 11.5. The number of nitrogens with one attached hydrogen (secondary N) is 1. The number of rotatable bonds is 6. The molecule has 3 aromatic rings. The number of hydrogen-bond donors (Lipinski definition) is 1. The summed E-state index contributed by atoms with van der Waals surface area (Å²) in [5, 5.41) is 0.879. The highest BCUT2D eigenvalue weighted by atomic mass is 32.2. The fourth-order valence-electron chi connectivity index (χ4n) is 2.17. The van der Waals surface area contributed by atoms with Crippen LogP contribution in [0.4, 0.5) is 0 Å². The van der Waals surface area contributed by atoms with E-state index in [1.807, 2.05) is 42.5 Å². The van der Waals surface area contributed by atoms with Gasteiger partial charge in [-0.15, -0.1) is 0 Å². The Bertz CT molecular complexity index is 765. The number of fused-ring (bicyclic) bond motifs is 1. The summed E-state index contributed by atoms with van der Waals surface area (Å²) < 4.78 is 5.71. The first-order valence-electron chi connectivity index (χ1n) is 7.04. The van der Waals surface area contributed by atoms with Crippen LogP contribution < -0.4 is 4.74 Å². The Labute approximate surface area is 132 Å². The van der Waals surface area contributed by atoms with Crippen LogP contribution in [-0.4, -0.2) is 28.1 Å². The zero-order chi connectivity index (χ0) is 15.4. The Balaban J connectivity index is 1.56. The average molecular weight is 312 g/mol. The predicted octanol–water partition coefficient (Wildman–Crippen LogP) is 3.94. The molecular formula is C17H16N2O2S. The maximum absolute atomic E-state index is 11.5. The van der Waals surface area contributed by atoms with Crippen molar-refractivity contribution in [1.29, 1.82) is 0 Å². The largest absolute Gasteiger partial charge is 0.492 e. The van der Waals surface area contributed by atoms with E-state index in [1.165, 1.54) is 0 Å². The van der Waals surface area contributed by atoms with Crippen LogP contribution in [0.2, 0.25) is 0 Å². The van der Waals surface area contributed by atoms with E-state index in [4.69, 9.17) is 4.74 Å². The minimum Gasteiger partial charge on any atom is -0.492 e. The van der Waals surface area contributed by atoms with Crippen molar-refractivity contribution in [2.75, 3.05) is 12.4 Å². The molecule has 112 valence electrons. The summed E-state index contributed by atoms with van der Waals surface area (Å²) in [5.74, 6) is 1.41. The van der Waals surface area contributed by atoms with Crippen molar-refractivity contribution in [2.45, 2.75) is 12.1 Å². The van der Waals surface area contributed by atoms with Gasteiger partial charge in [0.2, 0.25) is 0 Å². The molecule has 22 heavy (non-hydrogen) atoms. The number of hydrogen-bond acceptors (Lipinski definition) is 4. The maximum Gasteiger partial charge on any atom is 0.166 e. The molecule has 0 bridgehead atoms. The van der Waals surface area contributed by atoms with Gasteiger partial charge in [0.25, 0.3) is 0 Å². The second-order valence-electron chi connectivity index (χ2n) is 4.81. The highest BCUT2D eigenvalue weighted by molar-refractivity contribution is 7.99. The number of carbonyl (C=O) groups excluding carboxylic acids is 1. The topological polar surface area (TPSA) is 55.0 Å². The standard InChI is InChI=1S/C17H16N2O2S/c1-12(20)13-6-2-5-9-16(13)21-10-11-22-17-18-14-7-3-4-8-15(14)19-17/h2-9H,10-11H2,1H3,(H,18,19). The van der Waals surface area contributed by atoms with Crippen molar-refractivity contribution in [3.8, 4) is 5.75 Å². The summed E-state index contributed by atoms with van der Waals surface area (Å²) in [7, 11) is 0. The number of nitrogens with zero attached hydrogens (tertiary/aromatic N) is 1. The third kappa shape index (κ3) is 3.31. The van der Waals surface area contributed by atoms with Gasteiger partial charge in [0.15, 0.2) is 10.9 Å². The molecular weight excluding hydrogens is 296 g/mol. The lowest BCUT2D eigenvalue weighted by atomic mass is 10.1. The summed E-state index contributed by atoms with van der Waals surface area (Å²) in [6, 6.07) is 15.3. The Hall–Kier alpha value is -2.27. The lowest BCUT2D eigenvalue weighted by Crippen LogP contribution is -2.04. The van der Waals surface area contributed by atoms with Gasteiger partial charge in [0.05, 0.1) is 23.2 Å². The number of benzene rings is 2. The molecule has 1 N–H and O–H groups in total. The molecule has 0 fully saturated rings. The third-order valence-corrected chi connectivity index (χ3v) is 4.05. The predicted molar refractivity (Wildman–Crippen MR) is 88.8 cm³/mol. The van der Waals surface area contributed by atoms with Crippen LogP contribution in [0.5, 0.6) is 5.75 Å². The van der Waals surface area contributed by atoms with E-state index in [0.717, 1.165) is 21.9 Å². The van der Waals surface area contributed by atoms with Gasteiger partial charge in [-0.1, -0.05) is 36.0 Å². The quantitative estimate of drug-likeness (QED) is 0.425. The highest BCUT2D eigenvalue weighted by Gasteiger charge is 2.07. The van der Waals surface area contributed by atoms with Crippen LogP contribution in [0.15, 0.2) is 53.7 Å². The zero-order valence-electron chi connectivity index (χ0n) is 12.2. The van der Waals surface area contributed by atoms with E-state index in [9.17, 15) is 4.79 Å². The minimum absolute atomic E-state index is 0.0144. The number of H-pyrrole nitrogens is 1. The Kier molecular flexibility index (Phi) is 4.44. The van der Waals surface area contributed by atoms with Crippen LogP contribution in [0.1, 0.15) is 17.3 Å². The second kappa shape index (κ2) is 6.66. The van der Waals surface area contributed by atoms with Gasteiger partial charge in [-0.25, -0.2) is 4.98 Å². The molecule has 3 rings (SSSR count). The molecule has 0 saturated heterocycles. The van der Waals surface area contributed by atoms with Crippen LogP contribution in [0.25, 0.3) is 11.0 Å². The molecule has 5 heteroatoms. The van der Waals surface area contributed by atoms with Gasteiger partial charge in [-0.2, -0.15) is 0 Å². The molecule has 1 aromatic heterocycles. The van der Waals surface area contributed by atoms with Crippen molar-refractivity contribution in [2.24, 2.45) is 0 Å². The Morgan fingerprint density at radius 2 is 1.95 bits per heavy atom. The molecule has 0 aliphatic heterocycles. The van der Waals surface area contributed by atoms with Gasteiger partial charge in [-0.05, 0) is 31.2 Å². The zero-order valence-corrected chi connectivity index (χ0v) is 13.0. The lowest BCUT2D eigenvalue weighted by molar-refractivity contribution is 0.101. The molecule has 0 atom stereocenters. The van der Waals surface area contributed by atoms with Crippen LogP contribution >= 0.6 is 11.8 Å². The first-order chi connectivity index (χ1) is 10.7. The minimum atomic E-state index is 0.0144. The number of Topliss-reactive ketones (excluding diaryl/α,β-unsaturated/α-hetero) is 1. The Morgan fingerprint density at radius 3 is 2.77 bits per heavy atom. The van der Waals surface area contributed by atoms with Crippen molar-refractivity contribution >= 4 is 28.6 Å². The smallest absolute Gasteiger partial charge is 0.166 e. The lowest BCUT2D eigenvalue weighted by Gasteiger charge is -2.08. The van der Waals surface area contributed by atoms with Gasteiger partial charge in [-0.3, -0.25) is 4.79 Å². The normalized spacial score (nSPS) is 10.8. The van der Waals surface area contributed by atoms with Crippen LogP contribution in [0, 0.1) is 0 Å². The molecule has 2 aromatic carbocycles. The first kappa shape index (κ1) is 14.7. The molecule has 0 aliphatic carbocycles. The van der Waals surface area contributed by atoms with E-state index in [1.54, 1.807) is 24.8 Å². The van der Waals surface area contributed by atoms with Crippen molar-refractivity contribution in [1.82, 2.24) is 9.97 Å².